The third-order valence-corrected chi connectivity index (χ3v) is 4.50. The van der Waals surface area contributed by atoms with Crippen LogP contribution in [0.3, 0.4) is 0 Å². The predicted molar refractivity (Wildman–Crippen MR) is 110 cm³/mol. The molecule has 5 nitrogen and oxygen atoms in total. The number of aryl methyl sites for hydroxylation is 2. The van der Waals surface area contributed by atoms with E-state index in [0.29, 0.717) is 12.2 Å². The van der Waals surface area contributed by atoms with Crippen LogP contribution >= 0.6 is 0 Å². The average Bonchev–Trinajstić information content (AvgIpc) is 3.08. The molecule has 0 fully saturated rings. The maximum absolute atomic E-state index is 12.4. The smallest absolute Gasteiger partial charge is 0.271 e. The lowest BCUT2D eigenvalue weighted by atomic mass is 10.1. The zero-order valence-electron chi connectivity index (χ0n) is 16.1. The SMILES string of the molecule is Cc1cc(C(=O)NCCCc2ccc(N(C)C)cc2)nn1-c1ccccc1. The fourth-order valence-electron chi connectivity index (χ4n) is 2.96. The molecule has 5 heteroatoms. The number of carbonyl (C=O) groups is 1. The highest BCUT2D eigenvalue weighted by Crippen LogP contribution is 2.14. The third kappa shape index (κ3) is 4.76. The Balaban J connectivity index is 1.51. The molecule has 0 unspecified atom stereocenters. The molecule has 0 saturated carbocycles. The van der Waals surface area contributed by atoms with Gasteiger partial charge in [-0.2, -0.15) is 5.10 Å². The molecule has 0 aliphatic rings. The maximum Gasteiger partial charge on any atom is 0.271 e. The van der Waals surface area contributed by atoms with E-state index in [2.05, 4.69) is 39.6 Å². The Bertz CT molecular complexity index is 882. The number of aromatic nitrogens is 2. The Labute approximate surface area is 160 Å². The van der Waals surface area contributed by atoms with Crippen LogP contribution in [0, 0.1) is 6.92 Å². The van der Waals surface area contributed by atoms with E-state index in [4.69, 9.17) is 0 Å². The molecule has 0 aliphatic carbocycles. The minimum atomic E-state index is -0.129. The van der Waals surface area contributed by atoms with Crippen molar-refractivity contribution < 1.29 is 4.79 Å². The highest BCUT2D eigenvalue weighted by atomic mass is 16.1. The van der Waals surface area contributed by atoms with Crippen LogP contribution in [-0.4, -0.2) is 36.3 Å². The largest absolute Gasteiger partial charge is 0.378 e. The van der Waals surface area contributed by atoms with Gasteiger partial charge in [-0.3, -0.25) is 4.79 Å². The van der Waals surface area contributed by atoms with Crippen LogP contribution in [0.4, 0.5) is 5.69 Å². The number of benzene rings is 2. The standard InChI is InChI=1S/C22H26N4O/c1-17-16-21(24-26(17)20-9-5-4-6-10-20)22(27)23-15-7-8-18-11-13-19(14-12-18)25(2)3/h4-6,9-14,16H,7-8,15H2,1-3H3,(H,23,27). The van der Waals surface area contributed by atoms with Crippen LogP contribution in [0.1, 0.15) is 28.2 Å². The second-order valence-corrected chi connectivity index (χ2v) is 6.84. The second-order valence-electron chi connectivity index (χ2n) is 6.84. The van der Waals surface area contributed by atoms with Crippen LogP contribution in [0.5, 0.6) is 0 Å². The number of carbonyl (C=O) groups excluding carboxylic acids is 1. The molecule has 2 aromatic carbocycles. The van der Waals surface area contributed by atoms with Crippen molar-refractivity contribution in [2.45, 2.75) is 19.8 Å². The number of hydrogen-bond donors (Lipinski definition) is 1. The summed E-state index contributed by atoms with van der Waals surface area (Å²) < 4.78 is 1.79. The molecule has 1 aromatic heterocycles. The fourth-order valence-corrected chi connectivity index (χ4v) is 2.96. The van der Waals surface area contributed by atoms with Crippen LogP contribution < -0.4 is 10.2 Å². The Morgan fingerprint density at radius 3 is 2.44 bits per heavy atom. The van der Waals surface area contributed by atoms with Crippen LogP contribution in [0.25, 0.3) is 5.69 Å². The van der Waals surface area contributed by atoms with Gasteiger partial charge >= 0.3 is 0 Å². The van der Waals surface area contributed by atoms with Crippen molar-refractivity contribution in [2.75, 3.05) is 25.5 Å². The highest BCUT2D eigenvalue weighted by molar-refractivity contribution is 5.92. The molecular formula is C22H26N4O. The topological polar surface area (TPSA) is 50.2 Å². The molecule has 0 bridgehead atoms. The summed E-state index contributed by atoms with van der Waals surface area (Å²) in [6.07, 6.45) is 1.83. The van der Waals surface area contributed by atoms with E-state index in [1.54, 1.807) is 4.68 Å². The summed E-state index contributed by atoms with van der Waals surface area (Å²) >= 11 is 0. The monoisotopic (exact) mass is 362 g/mol. The van der Waals surface area contributed by atoms with Crippen molar-refractivity contribution in [3.05, 3.63) is 77.6 Å². The zero-order chi connectivity index (χ0) is 19.2. The first-order valence-corrected chi connectivity index (χ1v) is 9.21. The van der Waals surface area contributed by atoms with Crippen molar-refractivity contribution in [3.63, 3.8) is 0 Å². The van der Waals surface area contributed by atoms with Gasteiger partial charge in [-0.1, -0.05) is 30.3 Å². The summed E-state index contributed by atoms with van der Waals surface area (Å²) in [5, 5.41) is 7.41. The number of rotatable bonds is 7. The Hall–Kier alpha value is -3.08. The molecule has 0 saturated heterocycles. The number of para-hydroxylation sites is 1. The predicted octanol–water partition coefficient (Wildman–Crippen LogP) is 3.61. The van der Waals surface area contributed by atoms with Crippen molar-refractivity contribution in [2.24, 2.45) is 0 Å². The molecule has 27 heavy (non-hydrogen) atoms. The summed E-state index contributed by atoms with van der Waals surface area (Å²) in [7, 11) is 4.07. The van der Waals surface area contributed by atoms with Gasteiger partial charge in [0.1, 0.15) is 0 Å². The summed E-state index contributed by atoms with van der Waals surface area (Å²) in [4.78, 5) is 14.5. The van der Waals surface area contributed by atoms with E-state index in [0.717, 1.165) is 24.2 Å². The van der Waals surface area contributed by atoms with E-state index in [1.807, 2.05) is 57.4 Å². The Morgan fingerprint density at radius 2 is 1.78 bits per heavy atom. The molecule has 1 N–H and O–H groups in total. The van der Waals surface area contributed by atoms with Gasteiger partial charge < -0.3 is 10.2 Å². The molecule has 0 spiro atoms. The first-order chi connectivity index (χ1) is 13.0. The lowest BCUT2D eigenvalue weighted by molar-refractivity contribution is 0.0948. The van der Waals surface area contributed by atoms with Crippen molar-refractivity contribution in [1.29, 1.82) is 0 Å². The molecule has 1 heterocycles. The summed E-state index contributed by atoms with van der Waals surface area (Å²) in [5.74, 6) is -0.129. The van der Waals surface area contributed by atoms with Crippen molar-refractivity contribution in [1.82, 2.24) is 15.1 Å². The van der Waals surface area contributed by atoms with Gasteiger partial charge in [-0.25, -0.2) is 4.68 Å². The van der Waals surface area contributed by atoms with Crippen LogP contribution in [0.15, 0.2) is 60.7 Å². The molecule has 0 radical (unpaired) electrons. The van der Waals surface area contributed by atoms with Gasteiger partial charge in [0.15, 0.2) is 5.69 Å². The fraction of sp³-hybridized carbons (Fsp3) is 0.273. The Kier molecular flexibility index (Phi) is 5.91. The second kappa shape index (κ2) is 8.54. The molecule has 140 valence electrons. The third-order valence-electron chi connectivity index (χ3n) is 4.50. The molecular weight excluding hydrogens is 336 g/mol. The lowest BCUT2D eigenvalue weighted by Gasteiger charge is -2.12. The number of nitrogens with zero attached hydrogens (tertiary/aromatic N) is 3. The Morgan fingerprint density at radius 1 is 1.07 bits per heavy atom. The maximum atomic E-state index is 12.4. The minimum absolute atomic E-state index is 0.129. The number of anilines is 1. The normalized spacial score (nSPS) is 10.6. The van der Waals surface area contributed by atoms with Crippen LogP contribution in [0.2, 0.25) is 0 Å². The van der Waals surface area contributed by atoms with E-state index in [1.165, 1.54) is 11.3 Å². The summed E-state index contributed by atoms with van der Waals surface area (Å²) in [6, 6.07) is 20.2. The number of hydrogen-bond acceptors (Lipinski definition) is 3. The van der Waals surface area contributed by atoms with E-state index in [9.17, 15) is 4.79 Å². The summed E-state index contributed by atoms with van der Waals surface area (Å²) in [5.41, 5.74) is 4.81. The van der Waals surface area contributed by atoms with Crippen molar-refractivity contribution in [3.8, 4) is 5.69 Å². The zero-order valence-corrected chi connectivity index (χ0v) is 16.1. The number of nitrogens with one attached hydrogen (secondary N) is 1. The number of amides is 1. The van der Waals surface area contributed by atoms with Crippen LogP contribution in [-0.2, 0) is 6.42 Å². The van der Waals surface area contributed by atoms with E-state index < -0.39 is 0 Å². The van der Waals surface area contributed by atoms with Gasteiger partial charge in [0, 0.05) is 32.0 Å². The average molecular weight is 362 g/mol. The molecule has 0 aliphatic heterocycles. The quantitative estimate of drug-likeness (QED) is 0.653. The first-order valence-electron chi connectivity index (χ1n) is 9.21. The lowest BCUT2D eigenvalue weighted by Crippen LogP contribution is -2.25. The molecule has 3 aromatic rings. The first kappa shape index (κ1) is 18.7. The van der Waals surface area contributed by atoms with Gasteiger partial charge in [0.25, 0.3) is 5.91 Å². The minimum Gasteiger partial charge on any atom is -0.378 e. The van der Waals surface area contributed by atoms with Gasteiger partial charge in [0.2, 0.25) is 0 Å². The summed E-state index contributed by atoms with van der Waals surface area (Å²) in [6.45, 7) is 2.58. The van der Waals surface area contributed by atoms with Gasteiger partial charge in [-0.15, -0.1) is 0 Å². The molecule has 1 amide bonds. The van der Waals surface area contributed by atoms with Gasteiger partial charge in [-0.05, 0) is 55.7 Å². The molecule has 3 rings (SSSR count). The van der Waals surface area contributed by atoms with E-state index in [-0.39, 0.29) is 5.91 Å². The highest BCUT2D eigenvalue weighted by Gasteiger charge is 2.12. The van der Waals surface area contributed by atoms with Gasteiger partial charge in [0.05, 0.1) is 5.69 Å². The molecule has 0 atom stereocenters. The van der Waals surface area contributed by atoms with E-state index >= 15 is 0 Å². The van der Waals surface area contributed by atoms with Crippen molar-refractivity contribution >= 4 is 11.6 Å².